The summed E-state index contributed by atoms with van der Waals surface area (Å²) in [6.07, 6.45) is 11.8. The van der Waals surface area contributed by atoms with Crippen molar-refractivity contribution >= 4 is 44.3 Å². The van der Waals surface area contributed by atoms with Crippen LogP contribution in [0.5, 0.6) is 0 Å². The van der Waals surface area contributed by atoms with Crippen LogP contribution in [0, 0.1) is 0 Å². The Bertz CT molecular complexity index is 167. The van der Waals surface area contributed by atoms with E-state index in [1.54, 1.807) is 0 Å². The zero-order valence-corrected chi connectivity index (χ0v) is 13.0. The fourth-order valence-electron chi connectivity index (χ4n) is 1.59. The highest BCUT2D eigenvalue weighted by molar-refractivity contribution is 9.09. The minimum absolute atomic E-state index is 0.145. The highest BCUT2D eigenvalue weighted by Gasteiger charge is 1.94. The fourth-order valence-corrected chi connectivity index (χ4v) is 2.14. The van der Waals surface area contributed by atoms with E-state index >= 15 is 0 Å². The van der Waals surface area contributed by atoms with Crippen molar-refractivity contribution in [3.05, 3.63) is 0 Å². The molecule has 16 heavy (non-hydrogen) atoms. The van der Waals surface area contributed by atoms with Crippen LogP contribution in [0.15, 0.2) is 0 Å². The van der Waals surface area contributed by atoms with Crippen LogP contribution in [0.2, 0.25) is 0 Å². The first-order chi connectivity index (χ1) is 7.77. The molecule has 0 spiro atoms. The lowest BCUT2D eigenvalue weighted by molar-refractivity contribution is 0.306. The van der Waals surface area contributed by atoms with Crippen LogP contribution >= 0.6 is 39.7 Å². The van der Waals surface area contributed by atoms with E-state index in [1.165, 1.54) is 51.4 Å². The molecule has 0 atom stereocenters. The van der Waals surface area contributed by atoms with Gasteiger partial charge in [0.05, 0.1) is 6.61 Å². The highest BCUT2D eigenvalue weighted by atomic mass is 79.9. The van der Waals surface area contributed by atoms with Gasteiger partial charge in [0.15, 0.2) is 0 Å². The number of unbranched alkanes of at least 4 members (excludes halogenated alkanes) is 8. The lowest BCUT2D eigenvalue weighted by Gasteiger charge is -2.03. The molecule has 0 N–H and O–H groups in total. The first-order valence-corrected chi connectivity index (χ1v) is 8.06. The third kappa shape index (κ3) is 14.7. The Morgan fingerprint density at radius 3 is 1.75 bits per heavy atom. The summed E-state index contributed by atoms with van der Waals surface area (Å²) in [4.78, 5) is 0. The van der Waals surface area contributed by atoms with Crippen LogP contribution in [0.3, 0.4) is 0 Å². The van der Waals surface area contributed by atoms with Gasteiger partial charge < -0.3 is 4.74 Å². The van der Waals surface area contributed by atoms with Gasteiger partial charge in [0.2, 0.25) is 0 Å². The molecular weight excluding hydrogens is 308 g/mol. The Morgan fingerprint density at radius 2 is 1.31 bits per heavy atom. The smallest absolute Gasteiger partial charge is 0.255 e. The lowest BCUT2D eigenvalue weighted by atomic mass is 10.1. The molecule has 0 aliphatic rings. The molecule has 0 fully saturated rings. The van der Waals surface area contributed by atoms with Crippen molar-refractivity contribution < 1.29 is 4.74 Å². The van der Waals surface area contributed by atoms with Gasteiger partial charge in [-0.05, 0) is 36.7 Å². The Labute approximate surface area is 118 Å². The number of alkyl halides is 1. The Hall–Kier alpha value is 0.660. The highest BCUT2D eigenvalue weighted by Crippen LogP contribution is 2.10. The third-order valence-electron chi connectivity index (χ3n) is 2.49. The Kier molecular flexibility index (Phi) is 14.3. The molecule has 0 rings (SSSR count). The Balaban J connectivity index is 2.90. The number of hydrogen-bond donors (Lipinski definition) is 0. The summed E-state index contributed by atoms with van der Waals surface area (Å²) >= 11 is 13.5. The molecule has 0 aromatic heterocycles. The van der Waals surface area contributed by atoms with Gasteiger partial charge in [-0.2, -0.15) is 0 Å². The van der Waals surface area contributed by atoms with Crippen LogP contribution in [0.1, 0.15) is 57.8 Å². The van der Waals surface area contributed by atoms with E-state index in [9.17, 15) is 0 Å². The van der Waals surface area contributed by atoms with Crippen molar-refractivity contribution in [1.29, 1.82) is 0 Å². The summed E-state index contributed by atoms with van der Waals surface area (Å²) in [7, 11) is 0. The number of thiocarbonyl (C=S) groups is 1. The summed E-state index contributed by atoms with van der Waals surface area (Å²) in [5, 5.41) is 1.15. The molecule has 0 aromatic rings. The van der Waals surface area contributed by atoms with Crippen molar-refractivity contribution in [3.63, 3.8) is 0 Å². The normalized spacial score (nSPS) is 10.4. The van der Waals surface area contributed by atoms with Gasteiger partial charge in [-0.3, -0.25) is 0 Å². The van der Waals surface area contributed by atoms with Gasteiger partial charge in [-0.15, -0.1) is 0 Å². The van der Waals surface area contributed by atoms with Crippen LogP contribution in [-0.4, -0.2) is 16.4 Å². The first kappa shape index (κ1) is 16.7. The molecule has 0 bridgehead atoms. The number of halogens is 2. The zero-order valence-electron chi connectivity index (χ0n) is 9.85. The van der Waals surface area contributed by atoms with Crippen molar-refractivity contribution in [2.45, 2.75) is 57.8 Å². The number of rotatable bonds is 11. The molecule has 0 aliphatic carbocycles. The van der Waals surface area contributed by atoms with Crippen LogP contribution in [0.4, 0.5) is 0 Å². The van der Waals surface area contributed by atoms with Crippen LogP contribution in [0.25, 0.3) is 0 Å². The van der Waals surface area contributed by atoms with E-state index in [4.69, 9.17) is 16.3 Å². The van der Waals surface area contributed by atoms with Gasteiger partial charge in [-0.25, -0.2) is 0 Å². The minimum Gasteiger partial charge on any atom is -0.475 e. The number of hydrogen-bond acceptors (Lipinski definition) is 2. The predicted molar refractivity (Wildman–Crippen MR) is 79.8 cm³/mol. The van der Waals surface area contributed by atoms with E-state index in [0.717, 1.165) is 11.8 Å². The standard InChI is InChI=1S/C12H22BrClOS/c13-10-8-6-4-2-1-3-5-7-9-11-15-12(14)16/h1-11H2. The third-order valence-corrected chi connectivity index (χ3v) is 3.28. The molecule has 0 saturated carbocycles. The number of ether oxygens (including phenoxy) is 1. The van der Waals surface area contributed by atoms with Crippen LogP contribution < -0.4 is 0 Å². The summed E-state index contributed by atoms with van der Waals surface area (Å²) in [6.45, 7) is 0.674. The largest absolute Gasteiger partial charge is 0.475 e. The maximum absolute atomic E-state index is 5.41. The second kappa shape index (κ2) is 13.7. The average Bonchev–Trinajstić information content (AvgIpc) is 2.25. The SMILES string of the molecule is S=C(Cl)OCCCCCCCCCCCBr. The molecule has 96 valence electrons. The summed E-state index contributed by atoms with van der Waals surface area (Å²) in [5.41, 5.74) is 0. The van der Waals surface area contributed by atoms with Gasteiger partial charge in [-0.1, -0.05) is 60.9 Å². The van der Waals surface area contributed by atoms with E-state index in [-0.39, 0.29) is 4.51 Å². The topological polar surface area (TPSA) is 9.23 Å². The van der Waals surface area contributed by atoms with Crippen molar-refractivity contribution in [2.24, 2.45) is 0 Å². The fraction of sp³-hybridized carbons (Fsp3) is 0.917. The van der Waals surface area contributed by atoms with Gasteiger partial charge in [0.1, 0.15) is 0 Å². The summed E-state index contributed by atoms with van der Waals surface area (Å²) < 4.78 is 5.15. The molecule has 0 heterocycles. The van der Waals surface area contributed by atoms with E-state index in [2.05, 4.69) is 28.1 Å². The average molecular weight is 330 g/mol. The predicted octanol–water partition coefficient (Wildman–Crippen LogP) is 5.43. The quantitative estimate of drug-likeness (QED) is 0.216. The minimum atomic E-state index is 0.145. The second-order valence-corrected chi connectivity index (χ2v) is 5.69. The van der Waals surface area contributed by atoms with E-state index in [1.807, 2.05) is 0 Å². The van der Waals surface area contributed by atoms with Crippen molar-refractivity contribution in [3.8, 4) is 0 Å². The molecule has 0 radical (unpaired) electrons. The van der Waals surface area contributed by atoms with Crippen LogP contribution in [-0.2, 0) is 4.74 Å². The summed E-state index contributed by atoms with van der Waals surface area (Å²) in [5.74, 6) is 0. The maximum Gasteiger partial charge on any atom is 0.255 e. The van der Waals surface area contributed by atoms with Crippen molar-refractivity contribution in [1.82, 2.24) is 0 Å². The molecule has 1 nitrogen and oxygen atoms in total. The lowest BCUT2D eigenvalue weighted by Crippen LogP contribution is -1.95. The molecule has 0 aliphatic heterocycles. The van der Waals surface area contributed by atoms with Gasteiger partial charge in [0.25, 0.3) is 4.51 Å². The molecule has 0 aromatic carbocycles. The molecule has 4 heteroatoms. The molecule has 0 unspecified atom stereocenters. The molecular formula is C12H22BrClOS. The first-order valence-electron chi connectivity index (χ1n) is 6.15. The van der Waals surface area contributed by atoms with Crippen molar-refractivity contribution in [2.75, 3.05) is 11.9 Å². The maximum atomic E-state index is 5.41. The Morgan fingerprint density at radius 1 is 0.875 bits per heavy atom. The monoisotopic (exact) mass is 328 g/mol. The van der Waals surface area contributed by atoms with E-state index < -0.39 is 0 Å². The summed E-state index contributed by atoms with van der Waals surface area (Å²) in [6, 6.07) is 0. The van der Waals surface area contributed by atoms with Gasteiger partial charge >= 0.3 is 0 Å². The van der Waals surface area contributed by atoms with Gasteiger partial charge in [0, 0.05) is 5.33 Å². The van der Waals surface area contributed by atoms with E-state index in [0.29, 0.717) is 6.61 Å². The molecule has 0 saturated heterocycles. The molecule has 0 amide bonds. The zero-order chi connectivity index (χ0) is 12.1. The second-order valence-electron chi connectivity index (χ2n) is 3.96.